The van der Waals surface area contributed by atoms with Gasteiger partial charge in [-0.15, -0.1) is 0 Å². The number of carbonyl (C=O) groups is 2. The molecule has 2 bridgehead atoms. The number of carbonyl (C=O) groups excluding carboxylic acids is 2. The van der Waals surface area contributed by atoms with Gasteiger partial charge in [-0.05, 0) is 50.0 Å². The summed E-state index contributed by atoms with van der Waals surface area (Å²) in [6.45, 7) is 10.4. The molecular weight excluding hydrogens is 408 g/mol. The first kappa shape index (κ1) is 22.4. The molecule has 178 valence electrons. The maximum Gasteiger partial charge on any atom is 0.303 e. The van der Waals surface area contributed by atoms with Gasteiger partial charge < -0.3 is 18.9 Å². The molecular formula is C26H38O6. The van der Waals surface area contributed by atoms with Gasteiger partial charge in [0.25, 0.3) is 0 Å². The minimum Gasteiger partial charge on any atom is -0.462 e. The number of fused-ring (bicyclic) bond motifs is 5. The molecule has 2 saturated heterocycles. The quantitative estimate of drug-likeness (QED) is 0.472. The van der Waals surface area contributed by atoms with Gasteiger partial charge in [0.05, 0.1) is 6.61 Å². The largest absolute Gasteiger partial charge is 0.462 e. The van der Waals surface area contributed by atoms with Crippen LogP contribution in [-0.4, -0.2) is 43.7 Å². The summed E-state index contributed by atoms with van der Waals surface area (Å²) in [5, 5.41) is 0. The smallest absolute Gasteiger partial charge is 0.303 e. The molecule has 0 aromatic rings. The van der Waals surface area contributed by atoms with E-state index < -0.39 is 5.79 Å². The standard InChI is InChI=1S/C26H38O6/c1-15(27)31-19-13-20-23(3,4)26(29-6)12-11-25(20,14-30-26)18-9-10-24(5)17(22(18)19)7-8-21(24)32-16(2)28/h13,17-19,21-22H,7-12,14H2,1-6H3. The van der Waals surface area contributed by atoms with E-state index in [1.165, 1.54) is 19.4 Å². The van der Waals surface area contributed by atoms with Gasteiger partial charge in [0.1, 0.15) is 12.2 Å². The van der Waals surface area contributed by atoms with Crippen LogP contribution in [0.1, 0.15) is 73.1 Å². The Hall–Kier alpha value is -1.40. The molecule has 4 aliphatic carbocycles. The molecule has 2 heterocycles. The van der Waals surface area contributed by atoms with E-state index in [1.54, 1.807) is 7.11 Å². The molecule has 6 aliphatic rings. The molecule has 8 atom stereocenters. The molecule has 0 aromatic heterocycles. The van der Waals surface area contributed by atoms with Crippen LogP contribution in [-0.2, 0) is 28.5 Å². The highest BCUT2D eigenvalue weighted by atomic mass is 16.7. The van der Waals surface area contributed by atoms with E-state index in [0.717, 1.165) is 38.5 Å². The number of methoxy groups -OCH3 is 1. The van der Waals surface area contributed by atoms with E-state index >= 15 is 0 Å². The van der Waals surface area contributed by atoms with Crippen LogP contribution >= 0.6 is 0 Å². The summed E-state index contributed by atoms with van der Waals surface area (Å²) in [4.78, 5) is 24.0. The average molecular weight is 447 g/mol. The monoisotopic (exact) mass is 446 g/mol. The summed E-state index contributed by atoms with van der Waals surface area (Å²) in [5.74, 6) is -0.109. The fourth-order valence-corrected chi connectivity index (χ4v) is 8.82. The maximum absolute atomic E-state index is 12.2. The average Bonchev–Trinajstić information content (AvgIpc) is 3.05. The predicted molar refractivity (Wildman–Crippen MR) is 117 cm³/mol. The first-order valence-electron chi connectivity index (χ1n) is 12.3. The third kappa shape index (κ3) is 2.71. The highest BCUT2D eigenvalue weighted by Crippen LogP contribution is 2.71. The SMILES string of the molecule is COC12CCC3(CO1)C(=CC(OC(C)=O)C1C3CCC3(C)C(OC(C)=O)CCC13)C2(C)C. The summed E-state index contributed by atoms with van der Waals surface area (Å²) in [6, 6.07) is 0. The van der Waals surface area contributed by atoms with Crippen molar-refractivity contribution < 1.29 is 28.5 Å². The lowest BCUT2D eigenvalue weighted by Gasteiger charge is -2.68. The first-order valence-corrected chi connectivity index (χ1v) is 12.3. The Labute approximate surface area is 191 Å². The van der Waals surface area contributed by atoms with E-state index in [9.17, 15) is 9.59 Å². The summed E-state index contributed by atoms with van der Waals surface area (Å²) >= 11 is 0. The number of hydrogen-bond acceptors (Lipinski definition) is 6. The number of rotatable bonds is 3. The number of ether oxygens (including phenoxy) is 4. The van der Waals surface area contributed by atoms with Gasteiger partial charge in [-0.3, -0.25) is 9.59 Å². The Bertz CT molecular complexity index is 850. The Morgan fingerprint density at radius 1 is 0.969 bits per heavy atom. The molecule has 5 fully saturated rings. The summed E-state index contributed by atoms with van der Waals surface area (Å²) in [5.41, 5.74) is 0.947. The van der Waals surface area contributed by atoms with Crippen molar-refractivity contribution in [1.29, 1.82) is 0 Å². The number of esters is 2. The van der Waals surface area contributed by atoms with Crippen molar-refractivity contribution >= 4 is 11.9 Å². The van der Waals surface area contributed by atoms with Crippen LogP contribution < -0.4 is 0 Å². The molecule has 32 heavy (non-hydrogen) atoms. The summed E-state index contributed by atoms with van der Waals surface area (Å²) < 4.78 is 24.4. The van der Waals surface area contributed by atoms with Crippen LogP contribution in [0, 0.1) is 34.0 Å². The molecule has 1 spiro atoms. The molecule has 0 amide bonds. The molecule has 3 saturated carbocycles. The van der Waals surface area contributed by atoms with Crippen LogP contribution in [0.2, 0.25) is 0 Å². The van der Waals surface area contributed by atoms with E-state index in [4.69, 9.17) is 18.9 Å². The van der Waals surface area contributed by atoms with Crippen molar-refractivity contribution in [3.8, 4) is 0 Å². The topological polar surface area (TPSA) is 71.1 Å². The van der Waals surface area contributed by atoms with Crippen LogP contribution in [0.25, 0.3) is 0 Å². The Morgan fingerprint density at radius 2 is 1.69 bits per heavy atom. The van der Waals surface area contributed by atoms with Gasteiger partial charge in [-0.2, -0.15) is 0 Å². The lowest BCUT2D eigenvalue weighted by Crippen LogP contribution is -2.69. The third-order valence-electron chi connectivity index (χ3n) is 10.2. The minimum atomic E-state index is -0.620. The number of hydrogen-bond donors (Lipinski definition) is 0. The van der Waals surface area contributed by atoms with Gasteiger partial charge in [0, 0.05) is 49.5 Å². The van der Waals surface area contributed by atoms with Crippen molar-refractivity contribution in [3.63, 3.8) is 0 Å². The summed E-state index contributed by atoms with van der Waals surface area (Å²) in [7, 11) is 1.75. The second-order valence-electron chi connectivity index (χ2n) is 11.7. The third-order valence-corrected chi connectivity index (χ3v) is 10.2. The van der Waals surface area contributed by atoms with Crippen molar-refractivity contribution in [1.82, 2.24) is 0 Å². The van der Waals surface area contributed by atoms with E-state index in [1.807, 2.05) is 0 Å². The van der Waals surface area contributed by atoms with Crippen LogP contribution in [0.15, 0.2) is 11.6 Å². The molecule has 2 aliphatic heterocycles. The fraction of sp³-hybridized carbons (Fsp3) is 0.846. The van der Waals surface area contributed by atoms with E-state index in [-0.39, 0.29) is 46.3 Å². The van der Waals surface area contributed by atoms with Crippen molar-refractivity contribution in [2.45, 2.75) is 91.1 Å². The lowest BCUT2D eigenvalue weighted by atomic mass is 9.42. The molecule has 6 nitrogen and oxygen atoms in total. The minimum absolute atomic E-state index is 0.0358. The maximum atomic E-state index is 12.2. The van der Waals surface area contributed by atoms with Gasteiger partial charge >= 0.3 is 11.9 Å². The second-order valence-corrected chi connectivity index (χ2v) is 11.7. The van der Waals surface area contributed by atoms with Gasteiger partial charge in [0.2, 0.25) is 0 Å². The van der Waals surface area contributed by atoms with Crippen molar-refractivity contribution in [3.05, 3.63) is 11.6 Å². The zero-order chi connectivity index (χ0) is 23.1. The zero-order valence-electron chi connectivity index (χ0n) is 20.4. The molecule has 0 radical (unpaired) electrons. The first-order chi connectivity index (χ1) is 15.0. The van der Waals surface area contributed by atoms with E-state index in [0.29, 0.717) is 18.4 Å². The molecule has 6 rings (SSSR count). The molecule has 6 heteroatoms. The van der Waals surface area contributed by atoms with Gasteiger partial charge in [-0.25, -0.2) is 0 Å². The Kier molecular flexibility index (Phi) is 4.93. The molecule has 0 N–H and O–H groups in total. The molecule has 8 unspecified atom stereocenters. The summed E-state index contributed by atoms with van der Waals surface area (Å²) in [6.07, 6.45) is 7.81. The van der Waals surface area contributed by atoms with Gasteiger partial charge in [-0.1, -0.05) is 26.3 Å². The van der Waals surface area contributed by atoms with Crippen molar-refractivity contribution in [2.75, 3.05) is 13.7 Å². The highest BCUT2D eigenvalue weighted by Gasteiger charge is 2.71. The molecule has 0 aromatic carbocycles. The van der Waals surface area contributed by atoms with Crippen LogP contribution in [0.5, 0.6) is 0 Å². The Balaban J connectivity index is 1.60. The fourth-order valence-electron chi connectivity index (χ4n) is 8.82. The lowest BCUT2D eigenvalue weighted by molar-refractivity contribution is -0.346. The van der Waals surface area contributed by atoms with E-state index in [2.05, 4.69) is 26.8 Å². The zero-order valence-corrected chi connectivity index (χ0v) is 20.4. The normalized spacial score (nSPS) is 48.2. The predicted octanol–water partition coefficient (Wildman–Crippen LogP) is 4.41. The second kappa shape index (κ2) is 7.05. The van der Waals surface area contributed by atoms with Gasteiger partial charge in [0.15, 0.2) is 5.79 Å². The Morgan fingerprint density at radius 3 is 2.28 bits per heavy atom. The van der Waals surface area contributed by atoms with Crippen molar-refractivity contribution in [2.24, 2.45) is 34.0 Å². The van der Waals surface area contributed by atoms with Crippen LogP contribution in [0.4, 0.5) is 0 Å². The highest BCUT2D eigenvalue weighted by molar-refractivity contribution is 5.67. The van der Waals surface area contributed by atoms with Crippen LogP contribution in [0.3, 0.4) is 0 Å².